The Bertz CT molecular complexity index is 660. The van der Waals surface area contributed by atoms with Crippen molar-refractivity contribution in [2.75, 3.05) is 24.7 Å². The Morgan fingerprint density at radius 3 is 2.86 bits per heavy atom. The lowest BCUT2D eigenvalue weighted by molar-refractivity contribution is -0.0447. The third-order valence-corrected chi connectivity index (χ3v) is 3.81. The van der Waals surface area contributed by atoms with Gasteiger partial charge in [-0.1, -0.05) is 6.92 Å². The lowest BCUT2D eigenvalue weighted by Crippen LogP contribution is -2.28. The van der Waals surface area contributed by atoms with Gasteiger partial charge in [-0.2, -0.15) is 9.97 Å². The van der Waals surface area contributed by atoms with Crippen molar-refractivity contribution in [3.05, 3.63) is 6.33 Å². The van der Waals surface area contributed by atoms with Gasteiger partial charge in [0.1, 0.15) is 12.3 Å². The number of nitrogens with one attached hydrogen (secondary N) is 1. The highest BCUT2D eigenvalue weighted by Crippen LogP contribution is 2.36. The maximum Gasteiger partial charge on any atom is 0.224 e. The van der Waals surface area contributed by atoms with Crippen LogP contribution in [0.2, 0.25) is 0 Å². The van der Waals surface area contributed by atoms with E-state index < -0.39 is 18.4 Å². The van der Waals surface area contributed by atoms with Crippen molar-refractivity contribution in [3.63, 3.8) is 0 Å². The molecule has 0 amide bonds. The first kappa shape index (κ1) is 14.0. The van der Waals surface area contributed by atoms with Gasteiger partial charge in [-0.25, -0.2) is 4.98 Å². The molecule has 0 saturated carbocycles. The van der Waals surface area contributed by atoms with Gasteiger partial charge in [0, 0.05) is 13.0 Å². The number of fused-ring (bicyclic) bond motifs is 1. The fraction of sp³-hybridized carbons (Fsp3) is 0.583. The molecule has 9 heteroatoms. The van der Waals surface area contributed by atoms with Crippen LogP contribution >= 0.6 is 0 Å². The van der Waals surface area contributed by atoms with Gasteiger partial charge >= 0.3 is 0 Å². The third-order valence-electron chi connectivity index (χ3n) is 3.81. The van der Waals surface area contributed by atoms with Crippen LogP contribution in [0.3, 0.4) is 0 Å². The normalized spacial score (nSPS) is 29.1. The molecule has 2 aromatic heterocycles. The number of anilines is 2. The number of aliphatic hydroxyl groups is 2. The zero-order valence-electron chi connectivity index (χ0n) is 11.8. The molecule has 2 aromatic rings. The molecule has 3 heterocycles. The second-order valence-corrected chi connectivity index (χ2v) is 5.10. The van der Waals surface area contributed by atoms with Gasteiger partial charge in [0.05, 0.1) is 19.0 Å². The maximum atomic E-state index is 10.1. The minimum absolute atomic E-state index is 0.124. The van der Waals surface area contributed by atoms with Crippen molar-refractivity contribution in [3.8, 4) is 0 Å². The van der Waals surface area contributed by atoms with E-state index in [-0.39, 0.29) is 18.5 Å². The van der Waals surface area contributed by atoms with Crippen LogP contribution < -0.4 is 11.1 Å². The second-order valence-electron chi connectivity index (χ2n) is 5.10. The smallest absolute Gasteiger partial charge is 0.224 e. The van der Waals surface area contributed by atoms with Crippen LogP contribution in [0.15, 0.2) is 6.33 Å². The van der Waals surface area contributed by atoms with E-state index in [9.17, 15) is 10.2 Å². The predicted octanol–water partition coefficient (Wildman–Crippen LogP) is -0.663. The van der Waals surface area contributed by atoms with E-state index in [0.717, 1.165) is 0 Å². The number of nitrogens with two attached hydrogens (primary N) is 1. The van der Waals surface area contributed by atoms with Gasteiger partial charge in [-0.05, 0) is 0 Å². The van der Waals surface area contributed by atoms with E-state index >= 15 is 0 Å². The highest BCUT2D eigenvalue weighted by atomic mass is 16.5. The number of imidazole rings is 1. The number of aliphatic hydroxyl groups excluding tert-OH is 2. The summed E-state index contributed by atoms with van der Waals surface area (Å²) in [6.07, 6.45) is -0.264. The van der Waals surface area contributed by atoms with Crippen molar-refractivity contribution in [2.24, 2.45) is 5.92 Å². The fourth-order valence-electron chi connectivity index (χ4n) is 2.65. The molecule has 0 unspecified atom stereocenters. The zero-order chi connectivity index (χ0) is 15.1. The molecule has 0 spiro atoms. The van der Waals surface area contributed by atoms with Gasteiger partial charge in [0.15, 0.2) is 17.0 Å². The molecule has 0 aliphatic carbocycles. The molecule has 5 N–H and O–H groups in total. The summed E-state index contributed by atoms with van der Waals surface area (Å²) in [7, 11) is 1.72. The first-order chi connectivity index (χ1) is 10.1. The molecule has 1 saturated heterocycles. The average molecular weight is 294 g/mol. The van der Waals surface area contributed by atoms with Gasteiger partial charge < -0.3 is 26.0 Å². The molecule has 0 bridgehead atoms. The summed E-state index contributed by atoms with van der Waals surface area (Å²) in [4.78, 5) is 12.6. The summed E-state index contributed by atoms with van der Waals surface area (Å²) in [5, 5.41) is 22.2. The first-order valence-electron chi connectivity index (χ1n) is 6.69. The summed E-state index contributed by atoms with van der Waals surface area (Å²) >= 11 is 0. The molecule has 0 aromatic carbocycles. The standard InChI is InChI=1S/C12H18N6O3/c1-5-8(20)6(3-19)21-11(5)18-4-15-7-9(14-2)16-12(13)17-10(7)18/h4-6,8,11,19-20H,3H2,1-2H3,(H3,13,14,16,17)/t5-,6+,8-,11+/m0/s1. The highest BCUT2D eigenvalue weighted by Gasteiger charge is 2.42. The lowest BCUT2D eigenvalue weighted by Gasteiger charge is -2.17. The lowest BCUT2D eigenvalue weighted by atomic mass is 10.0. The molecule has 0 radical (unpaired) electrons. The van der Waals surface area contributed by atoms with Crippen LogP contribution in [-0.4, -0.2) is 55.6 Å². The van der Waals surface area contributed by atoms with Gasteiger partial charge in [0.25, 0.3) is 0 Å². The minimum Gasteiger partial charge on any atom is -0.394 e. The molecular formula is C12H18N6O3. The third kappa shape index (κ3) is 2.09. The molecule has 21 heavy (non-hydrogen) atoms. The Labute approximate surface area is 120 Å². The molecular weight excluding hydrogens is 276 g/mol. The molecule has 3 rings (SSSR count). The Morgan fingerprint density at radius 1 is 1.48 bits per heavy atom. The summed E-state index contributed by atoms with van der Waals surface area (Å²) in [6.45, 7) is 1.61. The van der Waals surface area contributed by atoms with E-state index in [0.29, 0.717) is 17.0 Å². The van der Waals surface area contributed by atoms with E-state index in [1.54, 1.807) is 17.9 Å². The highest BCUT2D eigenvalue weighted by molar-refractivity contribution is 5.84. The maximum absolute atomic E-state index is 10.1. The van der Waals surface area contributed by atoms with E-state index in [1.165, 1.54) is 0 Å². The summed E-state index contributed by atoms with van der Waals surface area (Å²) in [6, 6.07) is 0. The summed E-state index contributed by atoms with van der Waals surface area (Å²) < 4.78 is 7.41. The quantitative estimate of drug-likeness (QED) is 0.586. The molecule has 114 valence electrons. The first-order valence-corrected chi connectivity index (χ1v) is 6.69. The number of rotatable bonds is 3. The van der Waals surface area contributed by atoms with Crippen molar-refractivity contribution in [1.82, 2.24) is 19.5 Å². The van der Waals surface area contributed by atoms with Gasteiger partial charge in [-0.3, -0.25) is 4.57 Å². The molecule has 1 aliphatic rings. The van der Waals surface area contributed by atoms with Crippen molar-refractivity contribution in [2.45, 2.75) is 25.4 Å². The SMILES string of the molecule is CNc1nc(N)nc2c1ncn2[C@@H]1O[C@H](CO)[C@@H](O)[C@@H]1C. The Morgan fingerprint density at radius 2 is 2.24 bits per heavy atom. The summed E-state index contributed by atoms with van der Waals surface area (Å²) in [5.41, 5.74) is 6.81. The minimum atomic E-state index is -0.750. The van der Waals surface area contributed by atoms with Crippen molar-refractivity contribution in [1.29, 1.82) is 0 Å². The Balaban J connectivity index is 2.07. The number of hydrogen-bond donors (Lipinski definition) is 4. The number of aromatic nitrogens is 4. The molecule has 1 aliphatic heterocycles. The number of ether oxygens (including phenoxy) is 1. The van der Waals surface area contributed by atoms with E-state index in [4.69, 9.17) is 10.5 Å². The van der Waals surface area contributed by atoms with E-state index in [1.807, 2.05) is 6.92 Å². The van der Waals surface area contributed by atoms with Crippen molar-refractivity contribution >= 4 is 22.9 Å². The summed E-state index contributed by atoms with van der Waals surface area (Å²) in [5.74, 6) is 0.438. The van der Waals surface area contributed by atoms with Crippen LogP contribution in [0.1, 0.15) is 13.2 Å². The monoisotopic (exact) mass is 294 g/mol. The van der Waals surface area contributed by atoms with Gasteiger partial charge in [0.2, 0.25) is 5.95 Å². The van der Waals surface area contributed by atoms with Crippen LogP contribution in [-0.2, 0) is 4.74 Å². The topological polar surface area (TPSA) is 131 Å². The Kier molecular flexibility index (Phi) is 3.40. The van der Waals surface area contributed by atoms with Crippen LogP contribution in [0.4, 0.5) is 11.8 Å². The molecule has 1 fully saturated rings. The zero-order valence-corrected chi connectivity index (χ0v) is 11.8. The van der Waals surface area contributed by atoms with E-state index in [2.05, 4.69) is 20.3 Å². The number of nitrogen functional groups attached to an aromatic ring is 1. The van der Waals surface area contributed by atoms with Crippen LogP contribution in [0, 0.1) is 5.92 Å². The van der Waals surface area contributed by atoms with Crippen molar-refractivity contribution < 1.29 is 14.9 Å². The number of nitrogens with zero attached hydrogens (tertiary/aromatic N) is 4. The largest absolute Gasteiger partial charge is 0.394 e. The molecule has 9 nitrogen and oxygen atoms in total. The fourth-order valence-corrected chi connectivity index (χ4v) is 2.65. The molecule has 4 atom stereocenters. The average Bonchev–Trinajstić information content (AvgIpc) is 3.01. The second kappa shape index (κ2) is 5.10. The predicted molar refractivity (Wildman–Crippen MR) is 75.4 cm³/mol. The number of hydrogen-bond acceptors (Lipinski definition) is 8. The van der Waals surface area contributed by atoms with Crippen LogP contribution in [0.5, 0.6) is 0 Å². The van der Waals surface area contributed by atoms with Crippen LogP contribution in [0.25, 0.3) is 11.2 Å². The van der Waals surface area contributed by atoms with Gasteiger partial charge in [-0.15, -0.1) is 0 Å². The Hall–Kier alpha value is -1.97.